The molecule has 0 saturated carbocycles. The Morgan fingerprint density at radius 2 is 1.64 bits per heavy atom. The molecule has 1 N–H and O–H groups in total. The van der Waals surface area contributed by atoms with Gasteiger partial charge < -0.3 is 14.8 Å². The van der Waals surface area contributed by atoms with E-state index >= 15 is 0 Å². The molecule has 2 aromatic rings. The van der Waals surface area contributed by atoms with E-state index < -0.39 is 22.0 Å². The van der Waals surface area contributed by atoms with Gasteiger partial charge in [-0.25, -0.2) is 8.42 Å². The number of methoxy groups -OCH3 is 2. The Hall–Kier alpha value is -2.74. The molecule has 1 amide bonds. The van der Waals surface area contributed by atoms with Crippen LogP contribution in [0.4, 0.5) is 11.4 Å². The smallest absolute Gasteiger partial charge is 0.247 e. The molecule has 0 aromatic heterocycles. The molecule has 152 valence electrons. The van der Waals surface area contributed by atoms with Crippen LogP contribution in [-0.4, -0.2) is 40.8 Å². The fourth-order valence-corrected chi connectivity index (χ4v) is 4.00. The lowest BCUT2D eigenvalue weighted by Gasteiger charge is -2.28. The van der Waals surface area contributed by atoms with Crippen LogP contribution in [0, 0.1) is 13.8 Å². The molecule has 8 heteroatoms. The third-order valence-corrected chi connectivity index (χ3v) is 5.73. The van der Waals surface area contributed by atoms with Gasteiger partial charge in [0.2, 0.25) is 15.9 Å². The van der Waals surface area contributed by atoms with Crippen molar-refractivity contribution in [2.24, 2.45) is 0 Å². The van der Waals surface area contributed by atoms with Crippen LogP contribution in [0.3, 0.4) is 0 Å². The first kappa shape index (κ1) is 21.6. The van der Waals surface area contributed by atoms with Crippen molar-refractivity contribution in [2.45, 2.75) is 26.8 Å². The Kier molecular flexibility index (Phi) is 6.56. The average Bonchev–Trinajstić information content (AvgIpc) is 2.63. The van der Waals surface area contributed by atoms with Crippen LogP contribution in [0.1, 0.15) is 18.1 Å². The van der Waals surface area contributed by atoms with Gasteiger partial charge in [0.15, 0.2) is 11.5 Å². The Labute approximate surface area is 166 Å². The normalized spacial score (nSPS) is 12.2. The molecular weight excluding hydrogens is 380 g/mol. The highest BCUT2D eigenvalue weighted by Crippen LogP contribution is 2.33. The van der Waals surface area contributed by atoms with Crippen molar-refractivity contribution in [3.05, 3.63) is 47.5 Å². The zero-order chi connectivity index (χ0) is 21.1. The van der Waals surface area contributed by atoms with Gasteiger partial charge >= 0.3 is 0 Å². The molecule has 2 aromatic carbocycles. The number of amides is 1. The van der Waals surface area contributed by atoms with Gasteiger partial charge in [-0.05, 0) is 56.2 Å². The van der Waals surface area contributed by atoms with Gasteiger partial charge in [0.25, 0.3) is 0 Å². The molecule has 0 unspecified atom stereocenters. The lowest BCUT2D eigenvalue weighted by atomic mass is 10.1. The fourth-order valence-electron chi connectivity index (χ4n) is 2.84. The number of anilines is 2. The number of hydrogen-bond acceptors (Lipinski definition) is 5. The number of carbonyl (C=O) groups is 1. The van der Waals surface area contributed by atoms with E-state index in [2.05, 4.69) is 5.32 Å². The van der Waals surface area contributed by atoms with Crippen molar-refractivity contribution in [1.29, 1.82) is 0 Å². The van der Waals surface area contributed by atoms with Crippen molar-refractivity contribution in [1.82, 2.24) is 0 Å². The monoisotopic (exact) mass is 406 g/mol. The largest absolute Gasteiger partial charge is 0.493 e. The topological polar surface area (TPSA) is 84.9 Å². The van der Waals surface area contributed by atoms with Crippen molar-refractivity contribution >= 4 is 27.3 Å². The second-order valence-corrected chi connectivity index (χ2v) is 8.42. The molecular formula is C20H26N2O5S. The van der Waals surface area contributed by atoms with Crippen LogP contribution in [0.5, 0.6) is 11.5 Å². The molecule has 28 heavy (non-hydrogen) atoms. The quantitative estimate of drug-likeness (QED) is 0.764. The minimum atomic E-state index is -3.74. The molecule has 2 rings (SSSR count). The molecule has 7 nitrogen and oxygen atoms in total. The number of nitrogens with one attached hydrogen (secondary N) is 1. The summed E-state index contributed by atoms with van der Waals surface area (Å²) < 4.78 is 36.4. The van der Waals surface area contributed by atoms with Crippen molar-refractivity contribution in [3.8, 4) is 11.5 Å². The van der Waals surface area contributed by atoms with E-state index in [9.17, 15) is 13.2 Å². The maximum absolute atomic E-state index is 12.8. The summed E-state index contributed by atoms with van der Waals surface area (Å²) in [6.45, 7) is 5.46. The summed E-state index contributed by atoms with van der Waals surface area (Å²) >= 11 is 0. The molecule has 0 saturated heterocycles. The van der Waals surface area contributed by atoms with Crippen LogP contribution < -0.4 is 19.1 Å². The number of nitrogens with zero attached hydrogens (tertiary/aromatic N) is 1. The van der Waals surface area contributed by atoms with Crippen LogP contribution in [-0.2, 0) is 14.8 Å². The van der Waals surface area contributed by atoms with Gasteiger partial charge in [-0.2, -0.15) is 0 Å². The van der Waals surface area contributed by atoms with E-state index in [0.29, 0.717) is 22.9 Å². The Bertz CT molecular complexity index is 973. The van der Waals surface area contributed by atoms with Crippen molar-refractivity contribution in [3.63, 3.8) is 0 Å². The minimum absolute atomic E-state index is 0.308. The molecule has 1 atom stereocenters. The number of carbonyl (C=O) groups excluding carboxylic acids is 1. The van der Waals surface area contributed by atoms with Gasteiger partial charge in [-0.15, -0.1) is 0 Å². The first-order valence-corrected chi connectivity index (χ1v) is 10.5. The first-order chi connectivity index (χ1) is 13.1. The highest BCUT2D eigenvalue weighted by Gasteiger charge is 2.30. The lowest BCUT2D eigenvalue weighted by Crippen LogP contribution is -2.45. The van der Waals surface area contributed by atoms with E-state index in [1.54, 1.807) is 18.2 Å². The number of sulfonamides is 1. The molecule has 0 aliphatic rings. The summed E-state index contributed by atoms with van der Waals surface area (Å²) in [6.07, 6.45) is 1.06. The summed E-state index contributed by atoms with van der Waals surface area (Å²) in [5, 5.41) is 2.78. The standard InChI is InChI=1S/C20H26N2O5S/c1-13-7-8-16(11-14(13)2)21-20(23)15(3)22(28(6,24)25)17-9-10-18(26-4)19(12-17)27-5/h7-12,15H,1-6H3,(H,21,23)/t15-/m0/s1. The van der Waals surface area contributed by atoms with Crippen LogP contribution in [0.25, 0.3) is 0 Å². The van der Waals surface area contributed by atoms with E-state index in [1.165, 1.54) is 27.2 Å². The Morgan fingerprint density at radius 3 is 2.18 bits per heavy atom. The van der Waals surface area contributed by atoms with Crippen molar-refractivity contribution < 1.29 is 22.7 Å². The maximum Gasteiger partial charge on any atom is 0.247 e. The third-order valence-electron chi connectivity index (χ3n) is 4.48. The zero-order valence-electron chi connectivity index (χ0n) is 16.9. The molecule has 0 aliphatic carbocycles. The van der Waals surface area contributed by atoms with Gasteiger partial charge in [0.05, 0.1) is 26.2 Å². The summed E-state index contributed by atoms with van der Waals surface area (Å²) in [5.74, 6) is 0.394. The SMILES string of the molecule is COc1ccc(N([C@@H](C)C(=O)Nc2ccc(C)c(C)c2)S(C)(=O)=O)cc1OC. The third kappa shape index (κ3) is 4.75. The Balaban J connectivity index is 2.37. The van der Waals surface area contributed by atoms with Gasteiger partial charge in [-0.3, -0.25) is 9.10 Å². The molecule has 0 spiro atoms. The van der Waals surface area contributed by atoms with Gasteiger partial charge in [-0.1, -0.05) is 6.07 Å². The second kappa shape index (κ2) is 8.52. The Morgan fingerprint density at radius 1 is 1.00 bits per heavy atom. The summed E-state index contributed by atoms with van der Waals surface area (Å²) in [4.78, 5) is 12.8. The highest BCUT2D eigenvalue weighted by atomic mass is 32.2. The van der Waals surface area contributed by atoms with E-state index in [1.807, 2.05) is 26.0 Å². The average molecular weight is 407 g/mol. The maximum atomic E-state index is 12.8. The molecule has 0 bridgehead atoms. The van der Waals surface area contributed by atoms with Gasteiger partial charge in [0.1, 0.15) is 6.04 Å². The summed E-state index contributed by atoms with van der Waals surface area (Å²) in [5.41, 5.74) is 3.06. The van der Waals surface area contributed by atoms with E-state index in [4.69, 9.17) is 9.47 Å². The molecule has 0 heterocycles. The predicted molar refractivity (Wildman–Crippen MR) is 111 cm³/mol. The second-order valence-electron chi connectivity index (χ2n) is 6.56. The number of hydrogen-bond donors (Lipinski definition) is 1. The van der Waals surface area contributed by atoms with Crippen LogP contribution >= 0.6 is 0 Å². The first-order valence-electron chi connectivity index (χ1n) is 8.68. The number of benzene rings is 2. The highest BCUT2D eigenvalue weighted by molar-refractivity contribution is 7.92. The van der Waals surface area contributed by atoms with Crippen LogP contribution in [0.2, 0.25) is 0 Å². The predicted octanol–water partition coefficient (Wildman–Crippen LogP) is 3.11. The zero-order valence-corrected chi connectivity index (χ0v) is 17.8. The number of aryl methyl sites for hydroxylation is 2. The van der Waals surface area contributed by atoms with Crippen LogP contribution in [0.15, 0.2) is 36.4 Å². The van der Waals surface area contributed by atoms with Crippen molar-refractivity contribution in [2.75, 3.05) is 30.1 Å². The van der Waals surface area contributed by atoms with E-state index in [0.717, 1.165) is 21.7 Å². The molecule has 0 fully saturated rings. The minimum Gasteiger partial charge on any atom is -0.493 e. The summed E-state index contributed by atoms with van der Waals surface area (Å²) in [7, 11) is -0.786. The number of ether oxygens (including phenoxy) is 2. The molecule has 0 aliphatic heterocycles. The van der Waals surface area contributed by atoms with E-state index in [-0.39, 0.29) is 0 Å². The number of rotatable bonds is 7. The molecule has 0 radical (unpaired) electrons. The fraction of sp³-hybridized carbons (Fsp3) is 0.350. The summed E-state index contributed by atoms with van der Waals surface area (Å²) in [6, 6.07) is 9.25. The lowest BCUT2D eigenvalue weighted by molar-refractivity contribution is -0.116. The van der Waals surface area contributed by atoms with Gasteiger partial charge in [0, 0.05) is 11.8 Å².